The fourth-order valence-electron chi connectivity index (χ4n) is 2.06. The number of carbonyl (C=O) groups excluding carboxylic acids is 2. The van der Waals surface area contributed by atoms with E-state index in [1.54, 1.807) is 24.3 Å². The molecule has 0 heterocycles. The van der Waals surface area contributed by atoms with E-state index in [2.05, 4.69) is 4.74 Å². The summed E-state index contributed by atoms with van der Waals surface area (Å²) in [6, 6.07) is 6.95. The molecule has 0 radical (unpaired) electrons. The number of amides is 1. The molecule has 20 heavy (non-hydrogen) atoms. The Morgan fingerprint density at radius 1 is 1.25 bits per heavy atom. The predicted molar refractivity (Wildman–Crippen MR) is 73.7 cm³/mol. The highest BCUT2D eigenvalue weighted by atomic mass is 16.5. The number of nitrogens with zero attached hydrogens (tertiary/aromatic N) is 1. The molecule has 1 amide bonds. The van der Waals surface area contributed by atoms with Crippen molar-refractivity contribution in [3.63, 3.8) is 0 Å². The molecule has 108 valence electrons. The van der Waals surface area contributed by atoms with E-state index in [1.165, 1.54) is 7.11 Å². The quantitative estimate of drug-likeness (QED) is 0.745. The summed E-state index contributed by atoms with van der Waals surface area (Å²) in [7, 11) is 1.34. The maximum Gasteiger partial charge on any atom is 0.337 e. The maximum atomic E-state index is 12.0. The molecule has 0 spiro atoms. The number of carbonyl (C=O) groups is 2. The molecule has 1 fully saturated rings. The van der Waals surface area contributed by atoms with Crippen LogP contribution in [0.3, 0.4) is 0 Å². The van der Waals surface area contributed by atoms with E-state index in [9.17, 15) is 9.59 Å². The molecule has 0 atom stereocenters. The first-order valence-corrected chi connectivity index (χ1v) is 6.76. The summed E-state index contributed by atoms with van der Waals surface area (Å²) in [6.45, 7) is 2.72. The van der Waals surface area contributed by atoms with Gasteiger partial charge in [0.05, 0.1) is 12.7 Å². The second-order valence-electron chi connectivity index (χ2n) is 4.72. The summed E-state index contributed by atoms with van der Waals surface area (Å²) >= 11 is 0. The fourth-order valence-corrected chi connectivity index (χ4v) is 2.06. The van der Waals surface area contributed by atoms with Gasteiger partial charge in [0.2, 0.25) is 0 Å². The number of ether oxygens (including phenoxy) is 2. The predicted octanol–water partition coefficient (Wildman–Crippen LogP) is 1.86. The SMILES string of the molecule is CCN(C(=O)COc1ccc(C(=O)OC)cc1)C1CC1. The molecule has 0 bridgehead atoms. The second kappa shape index (κ2) is 6.41. The van der Waals surface area contributed by atoms with Crippen LogP contribution in [0.15, 0.2) is 24.3 Å². The smallest absolute Gasteiger partial charge is 0.337 e. The van der Waals surface area contributed by atoms with E-state index in [1.807, 2.05) is 11.8 Å². The Balaban J connectivity index is 1.87. The van der Waals surface area contributed by atoms with Gasteiger partial charge >= 0.3 is 5.97 Å². The molecule has 1 aliphatic rings. The van der Waals surface area contributed by atoms with Gasteiger partial charge in [-0.05, 0) is 44.0 Å². The van der Waals surface area contributed by atoms with Gasteiger partial charge in [-0.1, -0.05) is 0 Å². The van der Waals surface area contributed by atoms with Crippen molar-refractivity contribution in [2.24, 2.45) is 0 Å². The zero-order valence-electron chi connectivity index (χ0n) is 11.8. The number of benzene rings is 1. The topological polar surface area (TPSA) is 55.8 Å². The number of hydrogen-bond donors (Lipinski definition) is 0. The molecular weight excluding hydrogens is 258 g/mol. The van der Waals surface area contributed by atoms with Gasteiger partial charge in [0.1, 0.15) is 5.75 Å². The Labute approximate surface area is 118 Å². The molecule has 0 saturated heterocycles. The maximum absolute atomic E-state index is 12.0. The first kappa shape index (κ1) is 14.4. The molecule has 2 rings (SSSR count). The number of likely N-dealkylation sites (N-methyl/N-ethyl adjacent to an activating group) is 1. The standard InChI is InChI=1S/C15H19NO4/c1-3-16(12-6-7-12)14(17)10-20-13-8-4-11(5-9-13)15(18)19-2/h4-5,8-9,12H,3,6-7,10H2,1-2H3. The summed E-state index contributed by atoms with van der Waals surface area (Å²) in [4.78, 5) is 25.1. The highest BCUT2D eigenvalue weighted by Crippen LogP contribution is 2.26. The summed E-state index contributed by atoms with van der Waals surface area (Å²) in [5.41, 5.74) is 0.458. The molecule has 5 nitrogen and oxygen atoms in total. The normalized spacial score (nSPS) is 13.7. The molecule has 0 unspecified atom stereocenters. The molecule has 1 aromatic carbocycles. The van der Waals surface area contributed by atoms with Crippen molar-refractivity contribution in [2.75, 3.05) is 20.3 Å². The Kier molecular flexibility index (Phi) is 4.61. The molecule has 1 aromatic rings. The Morgan fingerprint density at radius 3 is 2.40 bits per heavy atom. The lowest BCUT2D eigenvalue weighted by Gasteiger charge is -2.20. The van der Waals surface area contributed by atoms with E-state index in [0.717, 1.165) is 12.8 Å². The van der Waals surface area contributed by atoms with Crippen LogP contribution in [0.1, 0.15) is 30.1 Å². The number of hydrogen-bond acceptors (Lipinski definition) is 4. The average Bonchev–Trinajstić information content (AvgIpc) is 3.30. The van der Waals surface area contributed by atoms with Crippen molar-refractivity contribution in [1.82, 2.24) is 4.90 Å². The summed E-state index contributed by atoms with van der Waals surface area (Å²) in [5, 5.41) is 0. The van der Waals surface area contributed by atoms with E-state index < -0.39 is 5.97 Å². The summed E-state index contributed by atoms with van der Waals surface area (Å²) in [5.74, 6) is 0.184. The Bertz CT molecular complexity index is 479. The van der Waals surface area contributed by atoms with Gasteiger partial charge < -0.3 is 14.4 Å². The van der Waals surface area contributed by atoms with Gasteiger partial charge in [-0.3, -0.25) is 4.79 Å². The third-order valence-electron chi connectivity index (χ3n) is 3.29. The van der Waals surface area contributed by atoms with E-state index in [-0.39, 0.29) is 12.5 Å². The van der Waals surface area contributed by atoms with Crippen molar-refractivity contribution in [1.29, 1.82) is 0 Å². The van der Waals surface area contributed by atoms with Crippen LogP contribution in [0.5, 0.6) is 5.75 Å². The summed E-state index contributed by atoms with van der Waals surface area (Å²) in [6.07, 6.45) is 2.18. The van der Waals surface area contributed by atoms with Crippen molar-refractivity contribution in [3.05, 3.63) is 29.8 Å². The molecule has 1 saturated carbocycles. The number of esters is 1. The minimum absolute atomic E-state index is 0.00652. The van der Waals surface area contributed by atoms with Crippen LogP contribution in [0.2, 0.25) is 0 Å². The van der Waals surface area contributed by atoms with Gasteiger partial charge in [0.25, 0.3) is 5.91 Å². The van der Waals surface area contributed by atoms with Crippen LogP contribution in [-0.2, 0) is 9.53 Å². The molecule has 0 aliphatic heterocycles. The zero-order chi connectivity index (χ0) is 14.5. The van der Waals surface area contributed by atoms with Crippen molar-refractivity contribution in [3.8, 4) is 5.75 Å². The van der Waals surface area contributed by atoms with Crippen LogP contribution in [0.25, 0.3) is 0 Å². The highest BCUT2D eigenvalue weighted by molar-refractivity contribution is 5.89. The van der Waals surface area contributed by atoms with E-state index in [4.69, 9.17) is 4.74 Å². The molecule has 5 heteroatoms. The van der Waals surface area contributed by atoms with Crippen molar-refractivity contribution in [2.45, 2.75) is 25.8 Å². The lowest BCUT2D eigenvalue weighted by atomic mass is 10.2. The fraction of sp³-hybridized carbons (Fsp3) is 0.467. The zero-order valence-corrected chi connectivity index (χ0v) is 11.8. The minimum atomic E-state index is -0.390. The van der Waals surface area contributed by atoms with E-state index >= 15 is 0 Å². The first-order valence-electron chi connectivity index (χ1n) is 6.76. The van der Waals surface area contributed by atoms with Crippen LogP contribution in [0.4, 0.5) is 0 Å². The van der Waals surface area contributed by atoms with Gasteiger partial charge in [0.15, 0.2) is 6.61 Å². The van der Waals surface area contributed by atoms with Crippen molar-refractivity contribution < 1.29 is 19.1 Å². The average molecular weight is 277 g/mol. The van der Waals surface area contributed by atoms with Gasteiger partial charge in [0, 0.05) is 12.6 Å². The Hall–Kier alpha value is -2.04. The van der Waals surface area contributed by atoms with Gasteiger partial charge in [-0.15, -0.1) is 0 Å². The second-order valence-corrected chi connectivity index (χ2v) is 4.72. The molecule has 1 aliphatic carbocycles. The minimum Gasteiger partial charge on any atom is -0.484 e. The Morgan fingerprint density at radius 2 is 1.90 bits per heavy atom. The molecular formula is C15H19NO4. The van der Waals surface area contributed by atoms with Gasteiger partial charge in [-0.25, -0.2) is 4.79 Å². The largest absolute Gasteiger partial charge is 0.484 e. The van der Waals surface area contributed by atoms with Gasteiger partial charge in [-0.2, -0.15) is 0 Å². The molecule has 0 N–H and O–H groups in total. The van der Waals surface area contributed by atoms with Crippen LogP contribution < -0.4 is 4.74 Å². The lowest BCUT2D eigenvalue weighted by Crippen LogP contribution is -2.36. The van der Waals surface area contributed by atoms with Crippen LogP contribution in [0, 0.1) is 0 Å². The highest BCUT2D eigenvalue weighted by Gasteiger charge is 2.31. The third kappa shape index (κ3) is 3.50. The lowest BCUT2D eigenvalue weighted by molar-refractivity contribution is -0.133. The van der Waals surface area contributed by atoms with Crippen LogP contribution >= 0.6 is 0 Å². The summed E-state index contributed by atoms with van der Waals surface area (Å²) < 4.78 is 10.1. The first-order chi connectivity index (χ1) is 9.65. The third-order valence-corrected chi connectivity index (χ3v) is 3.29. The van der Waals surface area contributed by atoms with Crippen molar-refractivity contribution >= 4 is 11.9 Å². The monoisotopic (exact) mass is 277 g/mol. The molecule has 0 aromatic heterocycles. The van der Waals surface area contributed by atoms with E-state index in [0.29, 0.717) is 23.9 Å². The number of methoxy groups -OCH3 is 1. The van der Waals surface area contributed by atoms with Crippen LogP contribution in [-0.4, -0.2) is 43.1 Å². The number of rotatable bonds is 6.